The first-order valence-electron chi connectivity index (χ1n) is 5.76. The summed E-state index contributed by atoms with van der Waals surface area (Å²) in [5.41, 5.74) is -0.977. The average molecular weight is 267 g/mol. The van der Waals surface area contributed by atoms with E-state index in [1.54, 1.807) is 0 Å². The zero-order chi connectivity index (χ0) is 13.2. The second-order valence-corrected chi connectivity index (χ2v) is 4.86. The highest BCUT2D eigenvalue weighted by Crippen LogP contribution is 2.29. The summed E-state index contributed by atoms with van der Waals surface area (Å²) in [6.45, 7) is 0. The molecule has 0 unspecified atom stereocenters. The highest BCUT2D eigenvalue weighted by molar-refractivity contribution is 6.31. The Balaban J connectivity index is 2.22. The Morgan fingerprint density at radius 3 is 2.72 bits per heavy atom. The third-order valence-corrected chi connectivity index (χ3v) is 3.51. The molecule has 1 aliphatic rings. The van der Waals surface area contributed by atoms with Gasteiger partial charge in [-0.3, -0.25) is 4.79 Å². The van der Waals surface area contributed by atoms with E-state index in [1.807, 2.05) is 0 Å². The summed E-state index contributed by atoms with van der Waals surface area (Å²) in [7, 11) is 0. The third-order valence-electron chi connectivity index (χ3n) is 3.22. The first-order chi connectivity index (χ1) is 8.58. The molecule has 0 atom stereocenters. The molecule has 1 fully saturated rings. The SMILES string of the molecule is N#CC1(NC(=O)c2cccc(Cl)c2F)CCCC1. The van der Waals surface area contributed by atoms with Gasteiger partial charge in [-0.2, -0.15) is 5.26 Å². The third kappa shape index (κ3) is 2.32. The Morgan fingerprint density at radius 2 is 2.11 bits per heavy atom. The fourth-order valence-electron chi connectivity index (χ4n) is 2.21. The van der Waals surface area contributed by atoms with Gasteiger partial charge in [0.15, 0.2) is 5.82 Å². The first-order valence-corrected chi connectivity index (χ1v) is 6.13. The Hall–Kier alpha value is -1.60. The van der Waals surface area contributed by atoms with Gasteiger partial charge in [0.25, 0.3) is 5.91 Å². The number of nitrogens with zero attached hydrogens (tertiary/aromatic N) is 1. The number of benzene rings is 1. The van der Waals surface area contributed by atoms with Crippen molar-refractivity contribution < 1.29 is 9.18 Å². The molecule has 5 heteroatoms. The van der Waals surface area contributed by atoms with Gasteiger partial charge >= 0.3 is 0 Å². The molecule has 1 aromatic carbocycles. The van der Waals surface area contributed by atoms with Crippen LogP contribution in [0.15, 0.2) is 18.2 Å². The molecule has 0 heterocycles. The van der Waals surface area contributed by atoms with Crippen LogP contribution in [0.2, 0.25) is 5.02 Å². The summed E-state index contributed by atoms with van der Waals surface area (Å²) < 4.78 is 13.7. The number of carbonyl (C=O) groups is 1. The van der Waals surface area contributed by atoms with Gasteiger partial charge in [0, 0.05) is 0 Å². The lowest BCUT2D eigenvalue weighted by atomic mass is 9.99. The molecule has 94 valence electrons. The lowest BCUT2D eigenvalue weighted by Gasteiger charge is -2.22. The zero-order valence-corrected chi connectivity index (χ0v) is 10.4. The van der Waals surface area contributed by atoms with Gasteiger partial charge in [-0.05, 0) is 37.8 Å². The predicted molar refractivity (Wildman–Crippen MR) is 65.7 cm³/mol. The van der Waals surface area contributed by atoms with E-state index in [9.17, 15) is 9.18 Å². The van der Waals surface area contributed by atoms with E-state index in [0.717, 1.165) is 12.8 Å². The summed E-state index contributed by atoms with van der Waals surface area (Å²) in [5, 5.41) is 11.7. The molecule has 2 rings (SSSR count). The van der Waals surface area contributed by atoms with Crippen molar-refractivity contribution in [2.75, 3.05) is 0 Å². The predicted octanol–water partition coefficient (Wildman–Crippen LogP) is 3.05. The minimum atomic E-state index is -0.855. The number of hydrogen-bond donors (Lipinski definition) is 1. The second-order valence-electron chi connectivity index (χ2n) is 4.46. The fourth-order valence-corrected chi connectivity index (χ4v) is 2.38. The van der Waals surface area contributed by atoms with E-state index < -0.39 is 17.3 Å². The van der Waals surface area contributed by atoms with Gasteiger partial charge in [0.05, 0.1) is 16.7 Å². The molecule has 1 aliphatic carbocycles. The van der Waals surface area contributed by atoms with Gasteiger partial charge in [-0.1, -0.05) is 17.7 Å². The quantitative estimate of drug-likeness (QED) is 0.894. The highest BCUT2D eigenvalue weighted by atomic mass is 35.5. The number of carbonyl (C=O) groups excluding carboxylic acids is 1. The number of nitriles is 1. The van der Waals surface area contributed by atoms with Crippen molar-refractivity contribution in [3.63, 3.8) is 0 Å². The maximum Gasteiger partial charge on any atom is 0.255 e. The van der Waals surface area contributed by atoms with Gasteiger partial charge in [-0.25, -0.2) is 4.39 Å². The molecule has 0 spiro atoms. The maximum absolute atomic E-state index is 13.7. The van der Waals surface area contributed by atoms with Crippen molar-refractivity contribution >= 4 is 17.5 Å². The molecule has 1 saturated carbocycles. The van der Waals surface area contributed by atoms with E-state index in [4.69, 9.17) is 16.9 Å². The van der Waals surface area contributed by atoms with E-state index in [-0.39, 0.29) is 10.6 Å². The maximum atomic E-state index is 13.7. The molecule has 1 N–H and O–H groups in total. The van der Waals surface area contributed by atoms with Gasteiger partial charge in [-0.15, -0.1) is 0 Å². The summed E-state index contributed by atoms with van der Waals surface area (Å²) >= 11 is 5.62. The van der Waals surface area contributed by atoms with E-state index in [2.05, 4.69) is 11.4 Å². The van der Waals surface area contributed by atoms with E-state index in [1.165, 1.54) is 18.2 Å². The minimum Gasteiger partial charge on any atom is -0.334 e. The molecular formula is C13H12ClFN2O. The fraction of sp³-hybridized carbons (Fsp3) is 0.385. The number of hydrogen-bond acceptors (Lipinski definition) is 2. The second kappa shape index (κ2) is 4.95. The molecule has 1 aromatic rings. The van der Waals surface area contributed by atoms with Gasteiger partial charge in [0.2, 0.25) is 0 Å². The topological polar surface area (TPSA) is 52.9 Å². The van der Waals surface area contributed by atoms with Crippen LogP contribution in [0.3, 0.4) is 0 Å². The minimum absolute atomic E-state index is 0.0971. The van der Waals surface area contributed by atoms with Crippen molar-refractivity contribution in [2.45, 2.75) is 31.2 Å². The standard InChI is InChI=1S/C13H12ClFN2O/c14-10-5-3-4-9(11(10)15)12(18)17-13(8-16)6-1-2-7-13/h3-5H,1-2,6-7H2,(H,17,18). The van der Waals surface area contributed by atoms with Crippen LogP contribution in [-0.4, -0.2) is 11.4 Å². The molecule has 0 aliphatic heterocycles. The van der Waals surface area contributed by atoms with E-state index in [0.29, 0.717) is 12.8 Å². The molecule has 0 aromatic heterocycles. The molecule has 3 nitrogen and oxygen atoms in total. The normalized spacial score (nSPS) is 17.2. The summed E-state index contributed by atoms with van der Waals surface area (Å²) in [6, 6.07) is 6.37. The Labute approximate surface area is 110 Å². The van der Waals surface area contributed by atoms with Crippen molar-refractivity contribution in [2.24, 2.45) is 0 Å². The zero-order valence-electron chi connectivity index (χ0n) is 9.67. The highest BCUT2D eigenvalue weighted by Gasteiger charge is 2.36. The summed E-state index contributed by atoms with van der Waals surface area (Å²) in [4.78, 5) is 12.0. The van der Waals surface area contributed by atoms with Crippen LogP contribution in [0.5, 0.6) is 0 Å². The van der Waals surface area contributed by atoms with E-state index >= 15 is 0 Å². The van der Waals surface area contributed by atoms with Crippen LogP contribution in [0, 0.1) is 17.1 Å². The van der Waals surface area contributed by atoms with Crippen molar-refractivity contribution in [1.82, 2.24) is 5.32 Å². The summed E-state index contributed by atoms with van der Waals surface area (Å²) in [6.07, 6.45) is 3.01. The Morgan fingerprint density at radius 1 is 1.44 bits per heavy atom. The molecule has 0 saturated heterocycles. The number of halogens is 2. The first kappa shape index (κ1) is 12.8. The number of nitrogens with one attached hydrogen (secondary N) is 1. The van der Waals surface area contributed by atoms with Crippen LogP contribution in [0.4, 0.5) is 4.39 Å². The molecule has 0 radical (unpaired) electrons. The van der Waals surface area contributed by atoms with Crippen LogP contribution >= 0.6 is 11.6 Å². The van der Waals surface area contributed by atoms with Crippen molar-refractivity contribution in [3.8, 4) is 6.07 Å². The Kier molecular flexibility index (Phi) is 3.53. The van der Waals surface area contributed by atoms with Gasteiger partial charge in [0.1, 0.15) is 5.54 Å². The van der Waals surface area contributed by atoms with Crippen molar-refractivity contribution in [3.05, 3.63) is 34.6 Å². The van der Waals surface area contributed by atoms with Gasteiger partial charge < -0.3 is 5.32 Å². The number of rotatable bonds is 2. The number of amides is 1. The monoisotopic (exact) mass is 266 g/mol. The van der Waals surface area contributed by atoms with Crippen LogP contribution < -0.4 is 5.32 Å². The smallest absolute Gasteiger partial charge is 0.255 e. The Bertz CT molecular complexity index is 518. The summed E-state index contributed by atoms with van der Waals surface area (Å²) in [5.74, 6) is -1.33. The molecule has 0 bridgehead atoms. The van der Waals surface area contributed by atoms with Crippen LogP contribution in [0.1, 0.15) is 36.0 Å². The lowest BCUT2D eigenvalue weighted by Crippen LogP contribution is -2.45. The van der Waals surface area contributed by atoms with Crippen LogP contribution in [0.25, 0.3) is 0 Å². The largest absolute Gasteiger partial charge is 0.334 e. The van der Waals surface area contributed by atoms with Crippen LogP contribution in [-0.2, 0) is 0 Å². The van der Waals surface area contributed by atoms with Crippen molar-refractivity contribution in [1.29, 1.82) is 5.26 Å². The molecule has 1 amide bonds. The molecular weight excluding hydrogens is 255 g/mol. The molecule has 18 heavy (non-hydrogen) atoms. The lowest BCUT2D eigenvalue weighted by molar-refractivity contribution is 0.0916. The average Bonchev–Trinajstić information content (AvgIpc) is 2.81.